The van der Waals surface area contributed by atoms with Gasteiger partial charge in [0.25, 0.3) is 0 Å². The van der Waals surface area contributed by atoms with Crippen LogP contribution < -0.4 is 5.32 Å². The number of hydrogen-bond donors (Lipinski definition) is 2. The van der Waals surface area contributed by atoms with Gasteiger partial charge in [-0.2, -0.15) is 0 Å². The molecule has 1 aliphatic heterocycles. The number of nitrogens with one attached hydrogen (secondary N) is 1. The molecule has 0 bridgehead atoms. The van der Waals surface area contributed by atoms with Crippen LogP contribution in [0.4, 0.5) is 0 Å². The van der Waals surface area contributed by atoms with Crippen LogP contribution in [0.15, 0.2) is 30.3 Å². The number of carbonyl (C=O) groups is 1. The van der Waals surface area contributed by atoms with Gasteiger partial charge in [0, 0.05) is 38.7 Å². The summed E-state index contributed by atoms with van der Waals surface area (Å²) in [7, 11) is 1.85. The summed E-state index contributed by atoms with van der Waals surface area (Å²) >= 11 is 0. The van der Waals surface area contributed by atoms with E-state index in [-0.39, 0.29) is 18.6 Å². The Morgan fingerprint density at radius 1 is 1.42 bits per heavy atom. The number of carbonyl (C=O) groups excluding carboxylic acids is 1. The predicted molar refractivity (Wildman–Crippen MR) is 74.7 cm³/mol. The lowest BCUT2D eigenvalue weighted by Crippen LogP contribution is -2.47. The van der Waals surface area contributed by atoms with Crippen LogP contribution in [0.1, 0.15) is 30.9 Å². The van der Waals surface area contributed by atoms with Crippen molar-refractivity contribution in [2.24, 2.45) is 0 Å². The minimum absolute atomic E-state index is 0.151. The zero-order valence-corrected chi connectivity index (χ0v) is 11.4. The van der Waals surface area contributed by atoms with Crippen molar-refractivity contribution in [3.8, 4) is 0 Å². The maximum atomic E-state index is 11.5. The van der Waals surface area contributed by atoms with E-state index >= 15 is 0 Å². The van der Waals surface area contributed by atoms with Gasteiger partial charge in [0.1, 0.15) is 0 Å². The van der Waals surface area contributed by atoms with E-state index in [0.717, 1.165) is 13.0 Å². The van der Waals surface area contributed by atoms with Crippen LogP contribution in [-0.2, 0) is 4.79 Å². The molecule has 4 heteroatoms. The van der Waals surface area contributed by atoms with Crippen LogP contribution >= 0.6 is 0 Å². The number of piperidine rings is 1. The Balaban J connectivity index is 1.99. The summed E-state index contributed by atoms with van der Waals surface area (Å²) in [6, 6.07) is 10.6. The Morgan fingerprint density at radius 3 is 2.79 bits per heavy atom. The summed E-state index contributed by atoms with van der Waals surface area (Å²) in [5.41, 5.74) is 1.19. The van der Waals surface area contributed by atoms with Crippen LogP contribution in [0.2, 0.25) is 0 Å². The molecule has 4 nitrogen and oxygen atoms in total. The van der Waals surface area contributed by atoms with Crippen molar-refractivity contribution >= 4 is 5.91 Å². The molecule has 0 saturated carbocycles. The third-order valence-corrected chi connectivity index (χ3v) is 3.68. The number of aliphatic hydroxyl groups is 1. The van der Waals surface area contributed by atoms with Gasteiger partial charge in [-0.3, -0.25) is 4.79 Å². The van der Waals surface area contributed by atoms with Crippen molar-refractivity contribution in [3.63, 3.8) is 0 Å². The van der Waals surface area contributed by atoms with Gasteiger partial charge in [-0.15, -0.1) is 0 Å². The topological polar surface area (TPSA) is 52.6 Å². The highest BCUT2D eigenvalue weighted by Crippen LogP contribution is 2.19. The van der Waals surface area contributed by atoms with Gasteiger partial charge >= 0.3 is 0 Å². The number of hydrogen-bond acceptors (Lipinski definition) is 3. The summed E-state index contributed by atoms with van der Waals surface area (Å²) in [5.74, 6) is 0.219. The highest BCUT2D eigenvalue weighted by molar-refractivity contribution is 5.76. The molecular formula is C15H22N2O2. The lowest BCUT2D eigenvalue weighted by molar-refractivity contribution is -0.132. The van der Waals surface area contributed by atoms with Crippen LogP contribution in [-0.4, -0.2) is 42.2 Å². The summed E-state index contributed by atoms with van der Waals surface area (Å²) < 4.78 is 0. The SMILES string of the molecule is CN1CC(N[C@H](CCO)c2ccccc2)CCC1=O. The second-order valence-corrected chi connectivity index (χ2v) is 5.15. The van der Waals surface area contributed by atoms with Crippen molar-refractivity contribution in [1.82, 2.24) is 10.2 Å². The molecule has 19 heavy (non-hydrogen) atoms. The largest absolute Gasteiger partial charge is 0.396 e. The molecule has 1 saturated heterocycles. The van der Waals surface area contributed by atoms with E-state index in [9.17, 15) is 9.90 Å². The van der Waals surface area contributed by atoms with Crippen molar-refractivity contribution in [1.29, 1.82) is 0 Å². The Labute approximate surface area is 114 Å². The molecule has 2 N–H and O–H groups in total. The molecule has 0 aliphatic carbocycles. The lowest BCUT2D eigenvalue weighted by atomic mass is 9.99. The fraction of sp³-hybridized carbons (Fsp3) is 0.533. The standard InChI is InChI=1S/C15H22N2O2/c1-17-11-13(7-8-15(17)19)16-14(9-10-18)12-5-3-2-4-6-12/h2-6,13-14,16,18H,7-11H2,1H3/t13?,14-/m1/s1. The summed E-state index contributed by atoms with van der Waals surface area (Å²) in [4.78, 5) is 13.3. The van der Waals surface area contributed by atoms with Crippen molar-refractivity contribution < 1.29 is 9.90 Å². The molecule has 0 spiro atoms. The highest BCUT2D eigenvalue weighted by Gasteiger charge is 2.25. The third-order valence-electron chi connectivity index (χ3n) is 3.68. The maximum absolute atomic E-state index is 11.5. The predicted octanol–water partition coefficient (Wildman–Crippen LogP) is 1.32. The second kappa shape index (κ2) is 6.68. The number of aliphatic hydroxyl groups excluding tert-OH is 1. The maximum Gasteiger partial charge on any atom is 0.222 e. The first-order chi connectivity index (χ1) is 9.20. The molecule has 1 aromatic rings. The lowest BCUT2D eigenvalue weighted by Gasteiger charge is -2.33. The Kier molecular flexibility index (Phi) is 4.93. The van der Waals surface area contributed by atoms with Gasteiger partial charge in [0.05, 0.1) is 0 Å². The molecular weight excluding hydrogens is 240 g/mol. The molecule has 1 aliphatic rings. The third kappa shape index (κ3) is 3.78. The first-order valence-electron chi connectivity index (χ1n) is 6.86. The smallest absolute Gasteiger partial charge is 0.222 e. The molecule has 2 rings (SSSR count). The highest BCUT2D eigenvalue weighted by atomic mass is 16.3. The van der Waals surface area contributed by atoms with Gasteiger partial charge in [-0.25, -0.2) is 0 Å². The average molecular weight is 262 g/mol. The minimum Gasteiger partial charge on any atom is -0.396 e. The number of likely N-dealkylation sites (tertiary alicyclic amines) is 1. The normalized spacial score (nSPS) is 21.5. The van der Waals surface area contributed by atoms with Crippen LogP contribution in [0.25, 0.3) is 0 Å². The first kappa shape index (κ1) is 14.0. The van der Waals surface area contributed by atoms with E-state index < -0.39 is 0 Å². The average Bonchev–Trinajstić information content (AvgIpc) is 2.43. The number of amides is 1. The Hall–Kier alpha value is -1.39. The summed E-state index contributed by atoms with van der Waals surface area (Å²) in [5, 5.41) is 12.8. The minimum atomic E-state index is 0.151. The molecule has 2 atom stereocenters. The molecule has 0 radical (unpaired) electrons. The Bertz CT molecular complexity index is 408. The summed E-state index contributed by atoms with van der Waals surface area (Å²) in [6.07, 6.45) is 2.17. The van der Waals surface area contributed by atoms with Crippen molar-refractivity contribution in [2.75, 3.05) is 20.2 Å². The Morgan fingerprint density at radius 2 is 2.16 bits per heavy atom. The molecule has 1 unspecified atom stereocenters. The van der Waals surface area contributed by atoms with Crippen LogP contribution in [0.5, 0.6) is 0 Å². The van der Waals surface area contributed by atoms with E-state index in [1.807, 2.05) is 25.2 Å². The van der Waals surface area contributed by atoms with Gasteiger partial charge in [0.2, 0.25) is 5.91 Å². The van der Waals surface area contributed by atoms with Crippen LogP contribution in [0, 0.1) is 0 Å². The fourth-order valence-corrected chi connectivity index (χ4v) is 2.59. The summed E-state index contributed by atoms with van der Waals surface area (Å²) in [6.45, 7) is 0.904. The van der Waals surface area contributed by atoms with Crippen molar-refractivity contribution in [3.05, 3.63) is 35.9 Å². The molecule has 1 fully saturated rings. The molecule has 104 valence electrons. The zero-order chi connectivity index (χ0) is 13.7. The van der Waals surface area contributed by atoms with Gasteiger partial charge in [-0.1, -0.05) is 30.3 Å². The zero-order valence-electron chi connectivity index (χ0n) is 11.4. The molecule has 1 heterocycles. The second-order valence-electron chi connectivity index (χ2n) is 5.15. The molecule has 0 aromatic heterocycles. The van der Waals surface area contributed by atoms with Gasteiger partial charge < -0.3 is 15.3 Å². The first-order valence-corrected chi connectivity index (χ1v) is 6.86. The van der Waals surface area contributed by atoms with E-state index in [4.69, 9.17) is 0 Å². The van der Waals surface area contributed by atoms with E-state index in [1.165, 1.54) is 5.56 Å². The number of benzene rings is 1. The number of likely N-dealkylation sites (N-methyl/N-ethyl adjacent to an activating group) is 1. The number of rotatable bonds is 5. The monoisotopic (exact) mass is 262 g/mol. The van der Waals surface area contributed by atoms with E-state index in [0.29, 0.717) is 18.9 Å². The quantitative estimate of drug-likeness (QED) is 0.841. The van der Waals surface area contributed by atoms with Gasteiger partial charge in [-0.05, 0) is 18.4 Å². The fourth-order valence-electron chi connectivity index (χ4n) is 2.59. The molecule has 1 amide bonds. The van der Waals surface area contributed by atoms with E-state index in [2.05, 4.69) is 17.4 Å². The number of nitrogens with zero attached hydrogens (tertiary/aromatic N) is 1. The van der Waals surface area contributed by atoms with E-state index in [1.54, 1.807) is 4.90 Å². The van der Waals surface area contributed by atoms with Crippen molar-refractivity contribution in [2.45, 2.75) is 31.3 Å². The molecule has 1 aromatic carbocycles. The van der Waals surface area contributed by atoms with Crippen LogP contribution in [0.3, 0.4) is 0 Å². The van der Waals surface area contributed by atoms with Gasteiger partial charge in [0.15, 0.2) is 0 Å².